The molecule has 0 unspecified atom stereocenters. The van der Waals surface area contributed by atoms with Crippen LogP contribution < -0.4 is 15.5 Å². The number of imide groups is 1. The second kappa shape index (κ2) is 5.23. The Morgan fingerprint density at radius 2 is 1.80 bits per heavy atom. The molecule has 1 aliphatic rings. The summed E-state index contributed by atoms with van der Waals surface area (Å²) in [7, 11) is 0. The molecule has 0 radical (unpaired) electrons. The summed E-state index contributed by atoms with van der Waals surface area (Å²) in [5, 5.41) is 4.88. The van der Waals surface area contributed by atoms with Crippen molar-refractivity contribution in [3.63, 3.8) is 0 Å². The van der Waals surface area contributed by atoms with Crippen LogP contribution >= 0.6 is 11.8 Å². The average Bonchev–Trinajstić information content (AvgIpc) is 2.37. The standard InChI is InChI=1S/C11H10F3N3O2S/c1-20-8-15-9(18)17(10(19)16-8)7-4-2-3-6(5-7)11(12,13)14/h2-5,8H,1H3,(H,15,18)(H,16,19). The minimum absolute atomic E-state index is 0.144. The third-order valence-corrected chi connectivity index (χ3v) is 3.29. The highest BCUT2D eigenvalue weighted by Crippen LogP contribution is 2.32. The number of hydrogen-bond donors (Lipinski definition) is 2. The molecule has 0 spiro atoms. The van der Waals surface area contributed by atoms with E-state index in [2.05, 4.69) is 10.6 Å². The number of hydrogen-bond acceptors (Lipinski definition) is 3. The monoisotopic (exact) mass is 305 g/mol. The number of thioether (sulfide) groups is 1. The van der Waals surface area contributed by atoms with Crippen molar-refractivity contribution in [2.45, 2.75) is 11.7 Å². The predicted octanol–water partition coefficient (Wildman–Crippen LogP) is 2.59. The van der Waals surface area contributed by atoms with E-state index in [1.54, 1.807) is 6.26 Å². The molecule has 1 aliphatic heterocycles. The number of alkyl halides is 3. The summed E-state index contributed by atoms with van der Waals surface area (Å²) in [6.07, 6.45) is -2.87. The fourth-order valence-electron chi connectivity index (χ4n) is 1.66. The van der Waals surface area contributed by atoms with Crippen molar-refractivity contribution in [1.82, 2.24) is 10.6 Å². The average molecular weight is 305 g/mol. The smallest absolute Gasteiger partial charge is 0.308 e. The molecule has 1 aromatic carbocycles. The van der Waals surface area contributed by atoms with E-state index in [4.69, 9.17) is 0 Å². The van der Waals surface area contributed by atoms with Crippen molar-refractivity contribution in [3.05, 3.63) is 29.8 Å². The van der Waals surface area contributed by atoms with E-state index in [0.29, 0.717) is 4.90 Å². The molecule has 1 fully saturated rings. The molecule has 9 heteroatoms. The lowest BCUT2D eigenvalue weighted by Gasteiger charge is -2.31. The first kappa shape index (κ1) is 14.5. The largest absolute Gasteiger partial charge is 0.416 e. The van der Waals surface area contributed by atoms with Gasteiger partial charge in [0, 0.05) is 0 Å². The maximum Gasteiger partial charge on any atom is 0.416 e. The zero-order valence-corrected chi connectivity index (χ0v) is 11.0. The maximum absolute atomic E-state index is 12.6. The fourth-order valence-corrected chi connectivity index (χ4v) is 2.09. The molecule has 4 amide bonds. The summed E-state index contributed by atoms with van der Waals surface area (Å²) in [6.45, 7) is 0. The van der Waals surface area contributed by atoms with Gasteiger partial charge in [-0.2, -0.15) is 13.2 Å². The minimum Gasteiger partial charge on any atom is -0.308 e. The number of carbonyl (C=O) groups excluding carboxylic acids is 2. The highest BCUT2D eigenvalue weighted by atomic mass is 32.2. The first-order valence-corrected chi connectivity index (χ1v) is 6.73. The molecule has 0 saturated carbocycles. The van der Waals surface area contributed by atoms with E-state index in [0.717, 1.165) is 18.2 Å². The summed E-state index contributed by atoms with van der Waals surface area (Å²) in [5.74, 6) is 0. The molecule has 0 aliphatic carbocycles. The van der Waals surface area contributed by atoms with E-state index in [-0.39, 0.29) is 5.69 Å². The number of anilines is 1. The second-order valence-electron chi connectivity index (χ2n) is 3.90. The molecule has 1 aromatic rings. The SMILES string of the molecule is CSC1NC(=O)N(c2cccc(C(F)(F)F)c2)C(=O)N1. The van der Waals surface area contributed by atoms with Crippen LogP contribution in [-0.2, 0) is 6.18 Å². The Balaban J connectivity index is 2.32. The summed E-state index contributed by atoms with van der Waals surface area (Å²) in [6, 6.07) is 2.47. The lowest BCUT2D eigenvalue weighted by atomic mass is 10.2. The molecule has 2 N–H and O–H groups in total. The van der Waals surface area contributed by atoms with Crippen molar-refractivity contribution < 1.29 is 22.8 Å². The second-order valence-corrected chi connectivity index (χ2v) is 4.84. The quantitative estimate of drug-likeness (QED) is 0.883. The molecule has 20 heavy (non-hydrogen) atoms. The summed E-state index contributed by atoms with van der Waals surface area (Å²) >= 11 is 1.19. The van der Waals surface area contributed by atoms with Gasteiger partial charge in [-0.05, 0) is 24.5 Å². The van der Waals surface area contributed by atoms with Crippen LogP contribution in [0.4, 0.5) is 28.4 Å². The molecule has 2 rings (SSSR count). The molecular formula is C11H10F3N3O2S. The normalized spacial score (nSPS) is 16.9. The number of nitrogens with one attached hydrogen (secondary N) is 2. The van der Waals surface area contributed by atoms with Gasteiger partial charge in [-0.15, -0.1) is 11.8 Å². The number of amides is 4. The Bertz CT molecular complexity index is 532. The molecule has 1 heterocycles. The van der Waals surface area contributed by atoms with Crippen molar-refractivity contribution in [2.24, 2.45) is 0 Å². The van der Waals surface area contributed by atoms with E-state index in [9.17, 15) is 22.8 Å². The number of carbonyl (C=O) groups is 2. The number of rotatable bonds is 2. The van der Waals surface area contributed by atoms with Crippen molar-refractivity contribution in [3.8, 4) is 0 Å². The zero-order valence-electron chi connectivity index (χ0n) is 10.2. The predicted molar refractivity (Wildman–Crippen MR) is 68.3 cm³/mol. The van der Waals surface area contributed by atoms with Gasteiger partial charge in [-0.1, -0.05) is 6.07 Å². The highest BCUT2D eigenvalue weighted by molar-refractivity contribution is 7.99. The van der Waals surface area contributed by atoms with Crippen molar-refractivity contribution >= 4 is 29.5 Å². The number of halogens is 3. The Morgan fingerprint density at radius 3 is 2.30 bits per heavy atom. The Labute approximate surface area is 116 Å². The summed E-state index contributed by atoms with van der Waals surface area (Å²) in [5.41, 5.74) is -1.67. The fraction of sp³-hybridized carbons (Fsp3) is 0.273. The third-order valence-electron chi connectivity index (χ3n) is 2.58. The Hall–Kier alpha value is -1.90. The van der Waals surface area contributed by atoms with Crippen LogP contribution in [0.15, 0.2) is 24.3 Å². The summed E-state index contributed by atoms with van der Waals surface area (Å²) in [4.78, 5) is 24.2. The van der Waals surface area contributed by atoms with Gasteiger partial charge in [0.25, 0.3) is 0 Å². The lowest BCUT2D eigenvalue weighted by Crippen LogP contribution is -2.62. The summed E-state index contributed by atoms with van der Waals surface area (Å²) < 4.78 is 37.9. The van der Waals surface area contributed by atoms with Gasteiger partial charge in [-0.3, -0.25) is 0 Å². The van der Waals surface area contributed by atoms with Crippen LogP contribution in [0.3, 0.4) is 0 Å². The highest BCUT2D eigenvalue weighted by Gasteiger charge is 2.35. The van der Waals surface area contributed by atoms with Crippen molar-refractivity contribution in [1.29, 1.82) is 0 Å². The van der Waals surface area contributed by atoms with E-state index < -0.39 is 29.3 Å². The Morgan fingerprint density at radius 1 is 1.20 bits per heavy atom. The van der Waals surface area contributed by atoms with Gasteiger partial charge in [0.2, 0.25) is 0 Å². The van der Waals surface area contributed by atoms with Gasteiger partial charge in [0.15, 0.2) is 5.50 Å². The van der Waals surface area contributed by atoms with Crippen LogP contribution in [0.5, 0.6) is 0 Å². The molecule has 5 nitrogen and oxygen atoms in total. The number of urea groups is 2. The van der Waals surface area contributed by atoms with Gasteiger partial charge in [-0.25, -0.2) is 14.5 Å². The van der Waals surface area contributed by atoms with Crippen LogP contribution in [0.2, 0.25) is 0 Å². The van der Waals surface area contributed by atoms with Gasteiger partial charge in [0.05, 0.1) is 11.3 Å². The maximum atomic E-state index is 12.6. The first-order chi connectivity index (χ1) is 9.32. The van der Waals surface area contributed by atoms with Crippen LogP contribution in [0, 0.1) is 0 Å². The van der Waals surface area contributed by atoms with E-state index in [1.807, 2.05) is 0 Å². The zero-order chi connectivity index (χ0) is 14.9. The van der Waals surface area contributed by atoms with Crippen LogP contribution in [-0.4, -0.2) is 23.8 Å². The topological polar surface area (TPSA) is 61.4 Å². The number of benzene rings is 1. The van der Waals surface area contributed by atoms with Gasteiger partial charge in [0.1, 0.15) is 0 Å². The van der Waals surface area contributed by atoms with Crippen molar-refractivity contribution in [2.75, 3.05) is 11.2 Å². The van der Waals surface area contributed by atoms with Crippen LogP contribution in [0.25, 0.3) is 0 Å². The molecule has 0 atom stereocenters. The first-order valence-electron chi connectivity index (χ1n) is 5.44. The van der Waals surface area contributed by atoms with Gasteiger partial charge < -0.3 is 10.6 Å². The van der Waals surface area contributed by atoms with Crippen LogP contribution in [0.1, 0.15) is 5.56 Å². The molecule has 1 saturated heterocycles. The molecular weight excluding hydrogens is 295 g/mol. The minimum atomic E-state index is -4.54. The lowest BCUT2D eigenvalue weighted by molar-refractivity contribution is -0.137. The van der Waals surface area contributed by atoms with E-state index in [1.165, 1.54) is 17.8 Å². The Kier molecular flexibility index (Phi) is 3.80. The number of nitrogens with zero attached hydrogens (tertiary/aromatic N) is 1. The molecule has 0 bridgehead atoms. The molecule has 0 aromatic heterocycles. The third kappa shape index (κ3) is 2.82. The molecule has 108 valence electrons. The van der Waals surface area contributed by atoms with Gasteiger partial charge >= 0.3 is 18.2 Å². The van der Waals surface area contributed by atoms with E-state index >= 15 is 0 Å².